The third-order valence-electron chi connectivity index (χ3n) is 4.17. The number of anilines is 2. The van der Waals surface area contributed by atoms with E-state index in [9.17, 15) is 18.4 Å². The first-order valence-electron chi connectivity index (χ1n) is 8.80. The summed E-state index contributed by atoms with van der Waals surface area (Å²) < 4.78 is 34.2. The highest BCUT2D eigenvalue weighted by atomic mass is 19.1. The number of halogens is 2. The topological polar surface area (TPSA) is 85.3 Å². The minimum absolute atomic E-state index is 0.135. The normalized spacial score (nSPS) is 10.4. The van der Waals surface area contributed by atoms with Gasteiger partial charge in [-0.2, -0.15) is 5.10 Å². The molecular weight excluding hydrogens is 394 g/mol. The van der Waals surface area contributed by atoms with Crippen LogP contribution < -0.4 is 20.9 Å². The van der Waals surface area contributed by atoms with Gasteiger partial charge < -0.3 is 15.4 Å². The Hall–Kier alpha value is -4.01. The maximum Gasteiger partial charge on any atom is 0.289 e. The number of nitrogens with one attached hydrogen (secondary N) is 2. The number of rotatable bonds is 6. The monoisotopic (exact) mass is 412 g/mol. The zero-order chi connectivity index (χ0) is 21.8. The molecule has 9 heteroatoms. The SMILES string of the molecule is C=CC(=O)Nc1cccc(Oc2ccc(F)cc2F)c1-c1cc(NC)c(=O)n(C)n1. The predicted molar refractivity (Wildman–Crippen MR) is 110 cm³/mol. The predicted octanol–water partition coefficient (Wildman–Crippen LogP) is 3.68. The third kappa shape index (κ3) is 4.19. The lowest BCUT2D eigenvalue weighted by Gasteiger charge is -2.17. The fraction of sp³-hybridized carbons (Fsp3) is 0.0952. The summed E-state index contributed by atoms with van der Waals surface area (Å²) in [6, 6.07) is 9.10. The van der Waals surface area contributed by atoms with E-state index in [1.165, 1.54) is 19.2 Å². The summed E-state index contributed by atoms with van der Waals surface area (Å²) in [5.41, 5.74) is 0.766. The molecule has 0 aliphatic carbocycles. The summed E-state index contributed by atoms with van der Waals surface area (Å²) in [6.45, 7) is 3.42. The number of hydrogen-bond donors (Lipinski definition) is 2. The molecule has 0 atom stereocenters. The van der Waals surface area contributed by atoms with Crippen molar-refractivity contribution in [2.45, 2.75) is 0 Å². The molecule has 2 aromatic carbocycles. The second kappa shape index (κ2) is 8.56. The number of amides is 1. The van der Waals surface area contributed by atoms with Gasteiger partial charge in [0.25, 0.3) is 5.56 Å². The van der Waals surface area contributed by atoms with E-state index in [0.717, 1.165) is 22.9 Å². The van der Waals surface area contributed by atoms with E-state index in [4.69, 9.17) is 4.74 Å². The second-order valence-corrected chi connectivity index (χ2v) is 6.17. The highest BCUT2D eigenvalue weighted by molar-refractivity contribution is 6.02. The number of benzene rings is 2. The Bertz CT molecular complexity index is 1190. The zero-order valence-corrected chi connectivity index (χ0v) is 16.2. The Balaban J connectivity index is 2.22. The van der Waals surface area contributed by atoms with Crippen molar-refractivity contribution in [2.75, 3.05) is 17.7 Å². The molecule has 0 aliphatic rings. The minimum Gasteiger partial charge on any atom is -0.453 e. The van der Waals surface area contributed by atoms with Crippen molar-refractivity contribution in [1.29, 1.82) is 0 Å². The maximum absolute atomic E-state index is 14.2. The number of carbonyl (C=O) groups excluding carboxylic acids is 1. The number of ether oxygens (including phenoxy) is 1. The van der Waals surface area contributed by atoms with Crippen LogP contribution in [0.5, 0.6) is 11.5 Å². The van der Waals surface area contributed by atoms with Gasteiger partial charge in [-0.1, -0.05) is 12.6 Å². The number of aryl methyl sites for hydroxylation is 1. The molecule has 154 valence electrons. The minimum atomic E-state index is -0.897. The van der Waals surface area contributed by atoms with Gasteiger partial charge in [0, 0.05) is 20.2 Å². The van der Waals surface area contributed by atoms with E-state index in [2.05, 4.69) is 22.3 Å². The van der Waals surface area contributed by atoms with Gasteiger partial charge in [-0.05, 0) is 36.4 Å². The average molecular weight is 412 g/mol. The van der Waals surface area contributed by atoms with Crippen LogP contribution in [-0.4, -0.2) is 22.7 Å². The molecule has 30 heavy (non-hydrogen) atoms. The van der Waals surface area contributed by atoms with Crippen LogP contribution in [0.15, 0.2) is 59.9 Å². The highest BCUT2D eigenvalue weighted by Gasteiger charge is 2.19. The molecule has 7 nitrogen and oxygen atoms in total. The molecule has 1 amide bonds. The lowest BCUT2D eigenvalue weighted by molar-refractivity contribution is -0.111. The molecule has 0 spiro atoms. The van der Waals surface area contributed by atoms with Gasteiger partial charge in [0.2, 0.25) is 5.91 Å². The molecule has 1 aromatic heterocycles. The van der Waals surface area contributed by atoms with Crippen LogP contribution in [0.3, 0.4) is 0 Å². The van der Waals surface area contributed by atoms with Crippen molar-refractivity contribution in [3.63, 3.8) is 0 Å². The molecule has 3 rings (SSSR count). The zero-order valence-electron chi connectivity index (χ0n) is 16.2. The van der Waals surface area contributed by atoms with Crippen molar-refractivity contribution >= 4 is 17.3 Å². The van der Waals surface area contributed by atoms with Gasteiger partial charge in [0.1, 0.15) is 17.3 Å². The Labute approximate surface area is 170 Å². The second-order valence-electron chi connectivity index (χ2n) is 6.17. The number of nitrogens with zero attached hydrogens (tertiary/aromatic N) is 2. The summed E-state index contributed by atoms with van der Waals surface area (Å²) in [4.78, 5) is 24.1. The Morgan fingerprint density at radius 1 is 1.17 bits per heavy atom. The molecular formula is C21H18F2N4O3. The fourth-order valence-corrected chi connectivity index (χ4v) is 2.75. The van der Waals surface area contributed by atoms with Crippen LogP contribution in [0.2, 0.25) is 0 Å². The molecule has 0 aliphatic heterocycles. The molecule has 2 N–H and O–H groups in total. The molecule has 0 saturated heterocycles. The van der Waals surface area contributed by atoms with E-state index in [1.807, 2.05) is 0 Å². The number of hydrogen-bond acceptors (Lipinski definition) is 5. The smallest absolute Gasteiger partial charge is 0.289 e. The third-order valence-corrected chi connectivity index (χ3v) is 4.17. The van der Waals surface area contributed by atoms with E-state index in [-0.39, 0.29) is 28.4 Å². The first kappa shape index (κ1) is 20.7. The van der Waals surface area contributed by atoms with E-state index < -0.39 is 17.5 Å². The molecule has 3 aromatic rings. The summed E-state index contributed by atoms with van der Waals surface area (Å²) in [7, 11) is 3.05. The van der Waals surface area contributed by atoms with Crippen LogP contribution >= 0.6 is 0 Å². The van der Waals surface area contributed by atoms with Gasteiger partial charge in [0.05, 0.1) is 16.9 Å². The van der Waals surface area contributed by atoms with Crippen LogP contribution in [-0.2, 0) is 11.8 Å². The van der Waals surface area contributed by atoms with Crippen molar-refractivity contribution < 1.29 is 18.3 Å². The maximum atomic E-state index is 14.2. The van der Waals surface area contributed by atoms with Crippen molar-refractivity contribution in [3.8, 4) is 22.8 Å². The molecule has 0 bridgehead atoms. The molecule has 1 heterocycles. The molecule has 0 fully saturated rings. The van der Waals surface area contributed by atoms with Crippen LogP contribution in [0.4, 0.5) is 20.2 Å². The Morgan fingerprint density at radius 3 is 2.60 bits per heavy atom. The van der Waals surface area contributed by atoms with Gasteiger partial charge in [-0.15, -0.1) is 0 Å². The van der Waals surface area contributed by atoms with Gasteiger partial charge in [-0.25, -0.2) is 13.5 Å². The largest absolute Gasteiger partial charge is 0.453 e. The van der Waals surface area contributed by atoms with E-state index >= 15 is 0 Å². The standard InChI is InChI=1S/C21H18F2N4O3/c1-4-19(28)25-14-6-5-7-18(30-17-9-8-12(22)10-13(17)23)20(14)15-11-16(24-2)21(29)27(3)26-15/h4-11,24H,1H2,2-3H3,(H,25,28). The van der Waals surface area contributed by atoms with E-state index in [0.29, 0.717) is 17.3 Å². The van der Waals surface area contributed by atoms with Crippen LogP contribution in [0.25, 0.3) is 11.3 Å². The first-order chi connectivity index (χ1) is 14.3. The first-order valence-corrected chi connectivity index (χ1v) is 8.80. The van der Waals surface area contributed by atoms with Crippen molar-refractivity contribution in [2.24, 2.45) is 7.05 Å². The van der Waals surface area contributed by atoms with Gasteiger partial charge in [0.15, 0.2) is 11.6 Å². The Morgan fingerprint density at radius 2 is 1.93 bits per heavy atom. The Kier molecular flexibility index (Phi) is 5.91. The van der Waals surface area contributed by atoms with Gasteiger partial charge >= 0.3 is 0 Å². The van der Waals surface area contributed by atoms with Crippen molar-refractivity contribution in [1.82, 2.24) is 9.78 Å². The average Bonchev–Trinajstić information content (AvgIpc) is 2.72. The van der Waals surface area contributed by atoms with Gasteiger partial charge in [-0.3, -0.25) is 9.59 Å². The number of carbonyl (C=O) groups is 1. The lowest BCUT2D eigenvalue weighted by Crippen LogP contribution is -2.23. The highest BCUT2D eigenvalue weighted by Crippen LogP contribution is 2.39. The quantitative estimate of drug-likeness (QED) is 0.604. The summed E-state index contributed by atoms with van der Waals surface area (Å²) in [5, 5.41) is 9.66. The fourth-order valence-electron chi connectivity index (χ4n) is 2.75. The number of aromatic nitrogens is 2. The van der Waals surface area contributed by atoms with Crippen LogP contribution in [0, 0.1) is 11.6 Å². The summed E-state index contributed by atoms with van der Waals surface area (Å²) in [6.07, 6.45) is 1.09. The summed E-state index contributed by atoms with van der Waals surface area (Å²) in [5.74, 6) is -2.21. The summed E-state index contributed by atoms with van der Waals surface area (Å²) >= 11 is 0. The molecule has 0 radical (unpaired) electrons. The lowest BCUT2D eigenvalue weighted by atomic mass is 10.1. The molecule has 0 unspecified atom stereocenters. The van der Waals surface area contributed by atoms with Crippen LogP contribution in [0.1, 0.15) is 0 Å². The van der Waals surface area contributed by atoms with Crippen molar-refractivity contribution in [3.05, 3.63) is 77.1 Å². The molecule has 0 saturated carbocycles. The van der Waals surface area contributed by atoms with E-state index in [1.54, 1.807) is 19.2 Å².